The molecular formula is C11H23NO3S. The third kappa shape index (κ3) is 4.80. The number of nitrogens with one attached hydrogen (secondary N) is 1. The summed E-state index contributed by atoms with van der Waals surface area (Å²) < 4.78 is 28.2. The predicted octanol–water partition coefficient (Wildman–Crippen LogP) is 0.968. The number of hydrogen-bond acceptors (Lipinski definition) is 4. The lowest BCUT2D eigenvalue weighted by molar-refractivity contribution is -0.0625. The zero-order valence-electron chi connectivity index (χ0n) is 10.5. The Bertz CT molecular complexity index is 311. The molecule has 0 bridgehead atoms. The number of hydrogen-bond donors (Lipinski definition) is 1. The van der Waals surface area contributed by atoms with Gasteiger partial charge < -0.3 is 10.1 Å². The summed E-state index contributed by atoms with van der Waals surface area (Å²) in [7, 11) is -2.84. The molecule has 0 radical (unpaired) electrons. The Morgan fingerprint density at radius 2 is 2.12 bits per heavy atom. The molecule has 1 saturated heterocycles. The lowest BCUT2D eigenvalue weighted by Gasteiger charge is -2.35. The normalized spacial score (nSPS) is 25.6. The van der Waals surface area contributed by atoms with Gasteiger partial charge >= 0.3 is 0 Å². The van der Waals surface area contributed by atoms with Gasteiger partial charge in [-0.25, -0.2) is 8.42 Å². The van der Waals surface area contributed by atoms with Gasteiger partial charge in [0.1, 0.15) is 0 Å². The Morgan fingerprint density at radius 1 is 1.44 bits per heavy atom. The molecule has 1 heterocycles. The average molecular weight is 249 g/mol. The highest BCUT2D eigenvalue weighted by Gasteiger charge is 2.28. The second-order valence-corrected chi connectivity index (χ2v) is 7.46. The van der Waals surface area contributed by atoms with E-state index in [1.54, 1.807) is 6.92 Å². The van der Waals surface area contributed by atoms with Crippen molar-refractivity contribution < 1.29 is 13.2 Å². The first-order valence-corrected chi connectivity index (χ1v) is 7.74. The van der Waals surface area contributed by atoms with Crippen LogP contribution in [-0.2, 0) is 14.6 Å². The van der Waals surface area contributed by atoms with Gasteiger partial charge in [0.25, 0.3) is 0 Å². The smallest absolute Gasteiger partial charge is 0.151 e. The largest absolute Gasteiger partial charge is 0.375 e. The van der Waals surface area contributed by atoms with Gasteiger partial charge in [-0.1, -0.05) is 6.92 Å². The van der Waals surface area contributed by atoms with Crippen LogP contribution in [0.5, 0.6) is 0 Å². The molecule has 96 valence electrons. The van der Waals surface area contributed by atoms with Crippen molar-refractivity contribution in [2.45, 2.75) is 45.3 Å². The van der Waals surface area contributed by atoms with E-state index in [0.717, 1.165) is 19.4 Å². The highest BCUT2D eigenvalue weighted by Crippen LogP contribution is 2.23. The Labute approximate surface area is 98.7 Å². The first-order valence-electron chi connectivity index (χ1n) is 5.92. The van der Waals surface area contributed by atoms with Crippen LogP contribution in [-0.4, -0.2) is 44.7 Å². The van der Waals surface area contributed by atoms with E-state index in [2.05, 4.69) is 19.2 Å². The van der Waals surface area contributed by atoms with Crippen molar-refractivity contribution in [1.29, 1.82) is 0 Å². The van der Waals surface area contributed by atoms with E-state index in [-0.39, 0.29) is 17.1 Å². The van der Waals surface area contributed by atoms with E-state index >= 15 is 0 Å². The van der Waals surface area contributed by atoms with Crippen LogP contribution in [0, 0.1) is 0 Å². The van der Waals surface area contributed by atoms with E-state index in [4.69, 9.17) is 4.74 Å². The van der Waals surface area contributed by atoms with Crippen LogP contribution in [0.1, 0.15) is 33.6 Å². The van der Waals surface area contributed by atoms with Crippen molar-refractivity contribution in [3.8, 4) is 0 Å². The molecule has 0 aromatic rings. The average Bonchev–Trinajstić information content (AvgIpc) is 2.16. The quantitative estimate of drug-likeness (QED) is 0.789. The van der Waals surface area contributed by atoms with E-state index < -0.39 is 9.84 Å². The molecule has 1 N–H and O–H groups in total. The van der Waals surface area contributed by atoms with Crippen molar-refractivity contribution in [1.82, 2.24) is 5.32 Å². The van der Waals surface area contributed by atoms with Crippen LogP contribution < -0.4 is 5.32 Å². The summed E-state index contributed by atoms with van der Waals surface area (Å²) in [6.45, 7) is 7.14. The Hall–Kier alpha value is -0.130. The highest BCUT2D eigenvalue weighted by molar-refractivity contribution is 7.91. The van der Waals surface area contributed by atoms with E-state index in [0.29, 0.717) is 12.6 Å². The minimum absolute atomic E-state index is 0.0838. The highest BCUT2D eigenvalue weighted by atomic mass is 32.2. The topological polar surface area (TPSA) is 55.4 Å². The van der Waals surface area contributed by atoms with Gasteiger partial charge in [0, 0.05) is 24.9 Å². The Balaban J connectivity index is 2.28. The van der Waals surface area contributed by atoms with Crippen molar-refractivity contribution in [2.75, 3.05) is 24.7 Å². The molecule has 0 saturated carbocycles. The zero-order valence-corrected chi connectivity index (χ0v) is 11.3. The lowest BCUT2D eigenvalue weighted by atomic mass is 9.94. The zero-order chi connectivity index (χ0) is 12.2. The minimum Gasteiger partial charge on any atom is -0.375 e. The number of sulfone groups is 1. The minimum atomic E-state index is -2.84. The third-order valence-electron chi connectivity index (χ3n) is 2.98. The summed E-state index contributed by atoms with van der Waals surface area (Å²) in [5.41, 5.74) is -0.0838. The third-order valence-corrected chi connectivity index (χ3v) is 4.69. The maximum absolute atomic E-state index is 11.3. The van der Waals surface area contributed by atoms with Gasteiger partial charge in [0.2, 0.25) is 0 Å². The Morgan fingerprint density at radius 3 is 2.69 bits per heavy atom. The fraction of sp³-hybridized carbons (Fsp3) is 1.00. The SMILES string of the molecule is CCS(=O)(=O)CCNC1CCOC(C)(C)C1. The van der Waals surface area contributed by atoms with E-state index in [9.17, 15) is 8.42 Å². The van der Waals surface area contributed by atoms with Crippen molar-refractivity contribution in [3.63, 3.8) is 0 Å². The van der Waals surface area contributed by atoms with Crippen LogP contribution >= 0.6 is 0 Å². The summed E-state index contributed by atoms with van der Waals surface area (Å²) in [6.07, 6.45) is 1.91. The van der Waals surface area contributed by atoms with Crippen LogP contribution in [0.15, 0.2) is 0 Å². The fourth-order valence-electron chi connectivity index (χ4n) is 1.97. The van der Waals surface area contributed by atoms with Gasteiger partial charge in [-0.2, -0.15) is 0 Å². The molecule has 0 aliphatic carbocycles. The first kappa shape index (κ1) is 13.9. The molecule has 1 unspecified atom stereocenters. The van der Waals surface area contributed by atoms with Gasteiger partial charge in [-0.3, -0.25) is 0 Å². The maximum Gasteiger partial charge on any atom is 0.151 e. The standard InChI is InChI=1S/C11H23NO3S/c1-4-16(13,14)8-6-12-10-5-7-15-11(2,3)9-10/h10,12H,4-9H2,1-3H3. The predicted molar refractivity (Wildman–Crippen MR) is 65.4 cm³/mol. The summed E-state index contributed by atoms with van der Waals surface area (Å²) in [6, 6.07) is 0.385. The molecule has 0 aromatic heterocycles. The molecule has 16 heavy (non-hydrogen) atoms. The lowest BCUT2D eigenvalue weighted by Crippen LogP contribution is -2.44. The van der Waals surface area contributed by atoms with Crippen LogP contribution in [0.3, 0.4) is 0 Å². The van der Waals surface area contributed by atoms with Crippen LogP contribution in [0.25, 0.3) is 0 Å². The molecule has 1 rings (SSSR count). The summed E-state index contributed by atoms with van der Waals surface area (Å²) >= 11 is 0. The second-order valence-electron chi connectivity index (χ2n) is 4.99. The first-order chi connectivity index (χ1) is 7.35. The molecule has 0 aromatic carbocycles. The van der Waals surface area contributed by atoms with E-state index in [1.807, 2.05) is 0 Å². The molecule has 4 nitrogen and oxygen atoms in total. The maximum atomic E-state index is 11.3. The molecule has 5 heteroatoms. The van der Waals surface area contributed by atoms with Gasteiger partial charge in [0.05, 0.1) is 11.4 Å². The molecule has 0 spiro atoms. The summed E-state index contributed by atoms with van der Waals surface area (Å²) in [4.78, 5) is 0. The molecule has 0 amide bonds. The second kappa shape index (κ2) is 5.47. The summed E-state index contributed by atoms with van der Waals surface area (Å²) in [5, 5.41) is 3.31. The molecule has 1 fully saturated rings. The van der Waals surface area contributed by atoms with E-state index in [1.165, 1.54) is 0 Å². The van der Waals surface area contributed by atoms with Gasteiger partial charge in [-0.15, -0.1) is 0 Å². The molecule has 1 aliphatic rings. The molecule has 1 atom stereocenters. The summed E-state index contributed by atoms with van der Waals surface area (Å²) in [5.74, 6) is 0.467. The van der Waals surface area contributed by atoms with Crippen molar-refractivity contribution in [2.24, 2.45) is 0 Å². The Kier molecular flexibility index (Phi) is 4.76. The van der Waals surface area contributed by atoms with Gasteiger partial charge in [0.15, 0.2) is 9.84 Å². The van der Waals surface area contributed by atoms with Crippen LogP contribution in [0.2, 0.25) is 0 Å². The number of rotatable bonds is 5. The van der Waals surface area contributed by atoms with Crippen molar-refractivity contribution >= 4 is 9.84 Å². The molecular weight excluding hydrogens is 226 g/mol. The fourth-order valence-corrected chi connectivity index (χ4v) is 2.69. The number of ether oxygens (including phenoxy) is 1. The van der Waals surface area contributed by atoms with Gasteiger partial charge in [-0.05, 0) is 26.7 Å². The van der Waals surface area contributed by atoms with Crippen LogP contribution in [0.4, 0.5) is 0 Å². The molecule has 1 aliphatic heterocycles. The monoisotopic (exact) mass is 249 g/mol. The van der Waals surface area contributed by atoms with Crippen molar-refractivity contribution in [3.05, 3.63) is 0 Å².